The Morgan fingerprint density at radius 2 is 2.09 bits per heavy atom. The second-order valence-corrected chi connectivity index (χ2v) is 5.48. The minimum Gasteiger partial charge on any atom is -0.387 e. The van der Waals surface area contributed by atoms with Crippen molar-refractivity contribution in [3.8, 4) is 0 Å². The highest BCUT2D eigenvalue weighted by Gasteiger charge is 2.24. The van der Waals surface area contributed by atoms with Crippen LogP contribution in [0.15, 0.2) is 36.8 Å². The summed E-state index contributed by atoms with van der Waals surface area (Å²) in [6.45, 7) is 0.904. The van der Waals surface area contributed by atoms with Gasteiger partial charge in [0.15, 0.2) is 0 Å². The number of rotatable bonds is 4. The molecule has 120 valence electrons. The number of aliphatic hydroxyl groups is 1. The first-order chi connectivity index (χ1) is 11.3. The van der Waals surface area contributed by atoms with Crippen molar-refractivity contribution in [1.29, 1.82) is 0 Å². The summed E-state index contributed by atoms with van der Waals surface area (Å²) in [5.74, 6) is 1.51. The van der Waals surface area contributed by atoms with Gasteiger partial charge in [-0.2, -0.15) is 0 Å². The number of hydrogen-bond donors (Lipinski definition) is 2. The van der Waals surface area contributed by atoms with Gasteiger partial charge < -0.3 is 15.3 Å². The van der Waals surface area contributed by atoms with Gasteiger partial charge in [-0.25, -0.2) is 9.97 Å². The molecule has 0 bridgehead atoms. The topological polar surface area (TPSA) is 91.2 Å². The van der Waals surface area contributed by atoms with E-state index < -0.39 is 6.61 Å². The highest BCUT2D eigenvalue weighted by molar-refractivity contribution is 5.77. The number of piperidine rings is 1. The number of anilines is 2. The number of nitrogens with one attached hydrogen (secondary N) is 1. The number of aliphatic hydroxyl groups excluding tert-OH is 1. The lowest BCUT2D eigenvalue weighted by atomic mass is 9.93. The molecule has 0 saturated carbocycles. The molecule has 2 N–H and O–H groups in total. The number of amides is 1. The Bertz CT molecular complexity index is 657. The lowest BCUT2D eigenvalue weighted by Gasteiger charge is -2.31. The fourth-order valence-electron chi connectivity index (χ4n) is 2.77. The standard InChI is InChI=1S/C16H19N5O2/c22-11-16(23)21-8-4-12(5-9-21)13-2-1-3-14(19-13)20-15-10-17-6-7-18-15/h1-3,6-7,10,12,22H,4-5,8-9,11H2,(H,18,19,20). The number of nitrogens with zero attached hydrogens (tertiary/aromatic N) is 4. The van der Waals surface area contributed by atoms with E-state index in [0.29, 0.717) is 24.8 Å². The Hall–Kier alpha value is -2.54. The molecule has 1 amide bonds. The van der Waals surface area contributed by atoms with Crippen LogP contribution in [0.2, 0.25) is 0 Å². The first-order valence-electron chi connectivity index (χ1n) is 7.65. The molecule has 0 unspecified atom stereocenters. The van der Waals surface area contributed by atoms with E-state index in [4.69, 9.17) is 5.11 Å². The van der Waals surface area contributed by atoms with Crippen molar-refractivity contribution in [2.75, 3.05) is 25.0 Å². The van der Waals surface area contributed by atoms with E-state index in [0.717, 1.165) is 24.4 Å². The van der Waals surface area contributed by atoms with Crippen LogP contribution in [-0.2, 0) is 4.79 Å². The van der Waals surface area contributed by atoms with Crippen LogP contribution >= 0.6 is 0 Å². The molecule has 0 aliphatic carbocycles. The van der Waals surface area contributed by atoms with E-state index in [-0.39, 0.29) is 5.91 Å². The van der Waals surface area contributed by atoms with Crippen molar-refractivity contribution in [3.05, 3.63) is 42.5 Å². The number of aromatic nitrogens is 3. The molecule has 0 atom stereocenters. The van der Waals surface area contributed by atoms with Crippen LogP contribution < -0.4 is 5.32 Å². The Morgan fingerprint density at radius 1 is 1.26 bits per heavy atom. The number of carbonyl (C=O) groups is 1. The van der Waals surface area contributed by atoms with Crippen LogP contribution in [0.4, 0.5) is 11.6 Å². The summed E-state index contributed by atoms with van der Waals surface area (Å²) in [5, 5.41) is 12.1. The number of likely N-dealkylation sites (tertiary alicyclic amines) is 1. The van der Waals surface area contributed by atoms with Gasteiger partial charge in [-0.15, -0.1) is 0 Å². The molecule has 1 fully saturated rings. The summed E-state index contributed by atoms with van der Waals surface area (Å²) in [7, 11) is 0. The SMILES string of the molecule is O=C(CO)N1CCC(c2cccc(Nc3cnccn3)n2)CC1. The van der Waals surface area contributed by atoms with E-state index in [1.807, 2.05) is 18.2 Å². The highest BCUT2D eigenvalue weighted by Crippen LogP contribution is 2.27. The maximum absolute atomic E-state index is 11.5. The summed E-state index contributed by atoms with van der Waals surface area (Å²) >= 11 is 0. The monoisotopic (exact) mass is 313 g/mol. The lowest BCUT2D eigenvalue weighted by Crippen LogP contribution is -2.39. The van der Waals surface area contributed by atoms with Crippen LogP contribution in [0.3, 0.4) is 0 Å². The molecule has 2 aromatic rings. The van der Waals surface area contributed by atoms with Crippen molar-refractivity contribution in [2.45, 2.75) is 18.8 Å². The van der Waals surface area contributed by atoms with Crippen molar-refractivity contribution in [1.82, 2.24) is 19.9 Å². The molecule has 0 spiro atoms. The van der Waals surface area contributed by atoms with Crippen molar-refractivity contribution >= 4 is 17.5 Å². The maximum atomic E-state index is 11.5. The molecule has 2 aromatic heterocycles. The van der Waals surface area contributed by atoms with Gasteiger partial charge in [0, 0.05) is 37.1 Å². The fourth-order valence-corrected chi connectivity index (χ4v) is 2.77. The van der Waals surface area contributed by atoms with Crippen molar-refractivity contribution in [3.63, 3.8) is 0 Å². The molecular weight excluding hydrogens is 294 g/mol. The first kappa shape index (κ1) is 15.4. The largest absolute Gasteiger partial charge is 0.387 e. The van der Waals surface area contributed by atoms with Crippen LogP contribution in [0.25, 0.3) is 0 Å². The molecule has 7 nitrogen and oxygen atoms in total. The van der Waals surface area contributed by atoms with Gasteiger partial charge in [-0.3, -0.25) is 9.78 Å². The Morgan fingerprint density at radius 3 is 2.78 bits per heavy atom. The molecule has 0 aromatic carbocycles. The molecule has 7 heteroatoms. The molecule has 1 aliphatic rings. The van der Waals surface area contributed by atoms with E-state index in [2.05, 4.69) is 20.3 Å². The van der Waals surface area contributed by atoms with Gasteiger partial charge in [0.05, 0.1) is 6.20 Å². The first-order valence-corrected chi connectivity index (χ1v) is 7.65. The second kappa shape index (κ2) is 7.15. The smallest absolute Gasteiger partial charge is 0.248 e. The summed E-state index contributed by atoms with van der Waals surface area (Å²) < 4.78 is 0. The fraction of sp³-hybridized carbons (Fsp3) is 0.375. The number of pyridine rings is 1. The predicted molar refractivity (Wildman–Crippen MR) is 85.2 cm³/mol. The van der Waals surface area contributed by atoms with Crippen molar-refractivity contribution < 1.29 is 9.90 Å². The molecular formula is C16H19N5O2. The predicted octanol–water partition coefficient (Wildman–Crippen LogP) is 1.31. The molecule has 1 aliphatic heterocycles. The number of carbonyl (C=O) groups excluding carboxylic acids is 1. The average molecular weight is 313 g/mol. The second-order valence-electron chi connectivity index (χ2n) is 5.48. The molecule has 0 radical (unpaired) electrons. The van der Waals surface area contributed by atoms with Crippen LogP contribution in [0.5, 0.6) is 0 Å². The Labute approximate surface area is 134 Å². The lowest BCUT2D eigenvalue weighted by molar-refractivity contribution is -0.135. The van der Waals surface area contributed by atoms with Crippen molar-refractivity contribution in [2.24, 2.45) is 0 Å². The van der Waals surface area contributed by atoms with Gasteiger partial charge in [-0.1, -0.05) is 6.07 Å². The van der Waals surface area contributed by atoms with Crippen LogP contribution in [-0.4, -0.2) is 50.6 Å². The Balaban J connectivity index is 1.65. The van der Waals surface area contributed by atoms with E-state index in [1.165, 1.54) is 0 Å². The Kier molecular flexibility index (Phi) is 4.77. The average Bonchev–Trinajstić information content (AvgIpc) is 2.62. The molecule has 23 heavy (non-hydrogen) atoms. The number of hydrogen-bond acceptors (Lipinski definition) is 6. The normalized spacial score (nSPS) is 15.4. The zero-order valence-corrected chi connectivity index (χ0v) is 12.7. The quantitative estimate of drug-likeness (QED) is 0.884. The van der Waals surface area contributed by atoms with Gasteiger partial charge in [0.1, 0.15) is 18.2 Å². The van der Waals surface area contributed by atoms with Gasteiger partial charge in [0.2, 0.25) is 5.91 Å². The third kappa shape index (κ3) is 3.81. The van der Waals surface area contributed by atoms with Crippen LogP contribution in [0, 0.1) is 0 Å². The van der Waals surface area contributed by atoms with Crippen LogP contribution in [0.1, 0.15) is 24.5 Å². The van der Waals surface area contributed by atoms with E-state index in [9.17, 15) is 4.79 Å². The van der Waals surface area contributed by atoms with Gasteiger partial charge >= 0.3 is 0 Å². The zero-order chi connectivity index (χ0) is 16.1. The van der Waals surface area contributed by atoms with E-state index >= 15 is 0 Å². The minimum absolute atomic E-state index is 0.200. The third-order valence-corrected chi connectivity index (χ3v) is 3.99. The highest BCUT2D eigenvalue weighted by atomic mass is 16.3. The molecule has 1 saturated heterocycles. The zero-order valence-electron chi connectivity index (χ0n) is 12.7. The third-order valence-electron chi connectivity index (χ3n) is 3.99. The summed E-state index contributed by atoms with van der Waals surface area (Å²) in [4.78, 5) is 26.1. The van der Waals surface area contributed by atoms with Gasteiger partial charge in [-0.05, 0) is 25.0 Å². The van der Waals surface area contributed by atoms with E-state index in [1.54, 1.807) is 23.5 Å². The maximum Gasteiger partial charge on any atom is 0.248 e. The summed E-state index contributed by atoms with van der Waals surface area (Å²) in [6, 6.07) is 5.87. The van der Waals surface area contributed by atoms with Gasteiger partial charge in [0.25, 0.3) is 0 Å². The minimum atomic E-state index is -0.416. The summed E-state index contributed by atoms with van der Waals surface area (Å²) in [5.41, 5.74) is 1.01. The molecule has 3 rings (SSSR count). The molecule has 3 heterocycles. The summed E-state index contributed by atoms with van der Waals surface area (Å²) in [6.07, 6.45) is 6.60.